The summed E-state index contributed by atoms with van der Waals surface area (Å²) in [6.45, 7) is 1.54. The van der Waals surface area contributed by atoms with Crippen LogP contribution in [0.1, 0.15) is 31.2 Å². The molecule has 1 amide bonds. The molecule has 0 aromatic heterocycles. The second kappa shape index (κ2) is 8.12. The minimum atomic E-state index is -0.252. The van der Waals surface area contributed by atoms with Crippen molar-refractivity contribution < 1.29 is 9.18 Å². The zero-order valence-electron chi connectivity index (χ0n) is 10.8. The van der Waals surface area contributed by atoms with Gasteiger partial charge in [0.25, 0.3) is 0 Å². The summed E-state index contributed by atoms with van der Waals surface area (Å²) in [6, 6.07) is 6.69. The van der Waals surface area contributed by atoms with Gasteiger partial charge in [-0.2, -0.15) is 0 Å². The summed E-state index contributed by atoms with van der Waals surface area (Å²) in [5.74, 6) is -0.189. The normalized spacial score (nSPS) is 17.8. The molecule has 19 heavy (non-hydrogen) atoms. The number of rotatable bonds is 5. The summed E-state index contributed by atoms with van der Waals surface area (Å²) in [7, 11) is 0. The molecule has 1 aromatic carbocycles. The molecule has 1 aromatic rings. The number of hydrogen-bond acceptors (Lipinski definition) is 2. The Morgan fingerprint density at radius 1 is 1.37 bits per heavy atom. The van der Waals surface area contributed by atoms with Crippen LogP contribution in [0.2, 0.25) is 0 Å². The first-order valence-electron chi connectivity index (χ1n) is 6.48. The number of carbonyl (C=O) groups excluding carboxylic acids is 1. The van der Waals surface area contributed by atoms with E-state index < -0.39 is 0 Å². The Morgan fingerprint density at radius 2 is 2.11 bits per heavy atom. The van der Waals surface area contributed by atoms with Crippen molar-refractivity contribution in [1.29, 1.82) is 0 Å². The number of halogens is 2. The van der Waals surface area contributed by atoms with Crippen molar-refractivity contribution in [3.63, 3.8) is 0 Å². The SMILES string of the molecule is Cl.O=C(CCC1CCCN1)NCc1ccc(F)cc1. The quantitative estimate of drug-likeness (QED) is 0.873. The smallest absolute Gasteiger partial charge is 0.220 e. The first-order valence-corrected chi connectivity index (χ1v) is 6.48. The maximum absolute atomic E-state index is 12.7. The Kier molecular flexibility index (Phi) is 6.81. The maximum atomic E-state index is 12.7. The molecule has 1 saturated heterocycles. The van der Waals surface area contributed by atoms with Crippen LogP contribution in [0.5, 0.6) is 0 Å². The van der Waals surface area contributed by atoms with Gasteiger partial charge in [-0.25, -0.2) is 4.39 Å². The third-order valence-electron chi connectivity index (χ3n) is 3.29. The first kappa shape index (κ1) is 15.9. The molecule has 1 aliphatic heterocycles. The van der Waals surface area contributed by atoms with Crippen LogP contribution in [0.25, 0.3) is 0 Å². The average molecular weight is 287 g/mol. The highest BCUT2D eigenvalue weighted by Crippen LogP contribution is 2.10. The molecular weight excluding hydrogens is 267 g/mol. The van der Waals surface area contributed by atoms with E-state index in [4.69, 9.17) is 0 Å². The van der Waals surface area contributed by atoms with Crippen LogP contribution >= 0.6 is 12.4 Å². The van der Waals surface area contributed by atoms with Crippen LogP contribution < -0.4 is 10.6 Å². The third-order valence-corrected chi connectivity index (χ3v) is 3.29. The van der Waals surface area contributed by atoms with E-state index in [1.54, 1.807) is 12.1 Å². The van der Waals surface area contributed by atoms with Crippen LogP contribution in [-0.2, 0) is 11.3 Å². The van der Waals surface area contributed by atoms with E-state index >= 15 is 0 Å². The van der Waals surface area contributed by atoms with Gasteiger partial charge in [-0.1, -0.05) is 12.1 Å². The molecular formula is C14H20ClFN2O. The molecule has 0 bridgehead atoms. The van der Waals surface area contributed by atoms with E-state index in [1.165, 1.54) is 25.0 Å². The summed E-state index contributed by atoms with van der Waals surface area (Å²) >= 11 is 0. The van der Waals surface area contributed by atoms with Crippen molar-refractivity contribution in [1.82, 2.24) is 10.6 Å². The molecule has 0 radical (unpaired) electrons. The minimum Gasteiger partial charge on any atom is -0.352 e. The van der Waals surface area contributed by atoms with Gasteiger partial charge >= 0.3 is 0 Å². The highest BCUT2D eigenvalue weighted by molar-refractivity contribution is 5.85. The summed E-state index contributed by atoms with van der Waals surface area (Å²) in [5, 5.41) is 6.22. The lowest BCUT2D eigenvalue weighted by atomic mass is 10.1. The lowest BCUT2D eigenvalue weighted by molar-refractivity contribution is -0.121. The second-order valence-electron chi connectivity index (χ2n) is 4.74. The first-order chi connectivity index (χ1) is 8.74. The molecule has 0 aliphatic carbocycles. The van der Waals surface area contributed by atoms with Crippen LogP contribution in [0.15, 0.2) is 24.3 Å². The molecule has 1 heterocycles. The van der Waals surface area contributed by atoms with E-state index in [1.807, 2.05) is 0 Å². The van der Waals surface area contributed by atoms with Crippen molar-refractivity contribution in [2.24, 2.45) is 0 Å². The predicted molar refractivity (Wildman–Crippen MR) is 75.8 cm³/mol. The molecule has 1 fully saturated rings. The highest BCUT2D eigenvalue weighted by atomic mass is 35.5. The standard InChI is InChI=1S/C14H19FN2O.ClH/c15-12-5-3-11(4-6-12)10-17-14(18)8-7-13-2-1-9-16-13;/h3-6,13,16H,1-2,7-10H2,(H,17,18);1H. The Bertz CT molecular complexity index is 391. The molecule has 2 N–H and O–H groups in total. The number of hydrogen-bond donors (Lipinski definition) is 2. The number of nitrogens with one attached hydrogen (secondary N) is 2. The molecule has 5 heteroatoms. The topological polar surface area (TPSA) is 41.1 Å². The fourth-order valence-corrected chi connectivity index (χ4v) is 2.20. The van der Waals surface area contributed by atoms with Crippen molar-refractivity contribution in [2.45, 2.75) is 38.3 Å². The van der Waals surface area contributed by atoms with E-state index in [2.05, 4.69) is 10.6 Å². The van der Waals surface area contributed by atoms with Crippen LogP contribution in [0.3, 0.4) is 0 Å². The largest absolute Gasteiger partial charge is 0.352 e. The molecule has 0 saturated carbocycles. The minimum absolute atomic E-state index is 0. The third kappa shape index (κ3) is 5.57. The van der Waals surface area contributed by atoms with Crippen LogP contribution in [-0.4, -0.2) is 18.5 Å². The van der Waals surface area contributed by atoms with Gasteiger partial charge in [0, 0.05) is 19.0 Å². The molecule has 106 valence electrons. The highest BCUT2D eigenvalue weighted by Gasteiger charge is 2.14. The summed E-state index contributed by atoms with van der Waals surface area (Å²) < 4.78 is 12.7. The lowest BCUT2D eigenvalue weighted by Gasteiger charge is -2.10. The van der Waals surface area contributed by atoms with Gasteiger partial charge in [-0.15, -0.1) is 12.4 Å². The fourth-order valence-electron chi connectivity index (χ4n) is 2.20. The molecule has 3 nitrogen and oxygen atoms in total. The monoisotopic (exact) mass is 286 g/mol. The van der Waals surface area contributed by atoms with E-state index in [-0.39, 0.29) is 24.1 Å². The zero-order chi connectivity index (χ0) is 12.8. The number of benzene rings is 1. The summed E-state index contributed by atoms with van der Waals surface area (Å²) in [4.78, 5) is 11.6. The summed E-state index contributed by atoms with van der Waals surface area (Å²) in [5.41, 5.74) is 0.920. The van der Waals surface area contributed by atoms with Gasteiger partial charge in [0.15, 0.2) is 0 Å². The molecule has 1 atom stereocenters. The van der Waals surface area contributed by atoms with Crippen molar-refractivity contribution in [3.05, 3.63) is 35.6 Å². The fraction of sp³-hybridized carbons (Fsp3) is 0.500. The van der Waals surface area contributed by atoms with E-state index in [0.717, 1.165) is 18.5 Å². The summed E-state index contributed by atoms with van der Waals surface area (Å²) in [6.07, 6.45) is 3.83. The lowest BCUT2D eigenvalue weighted by Crippen LogP contribution is -2.27. The van der Waals surface area contributed by atoms with Crippen molar-refractivity contribution in [2.75, 3.05) is 6.54 Å². The molecule has 0 spiro atoms. The van der Waals surface area contributed by atoms with Crippen molar-refractivity contribution >= 4 is 18.3 Å². The number of amides is 1. The number of carbonyl (C=O) groups is 1. The Hall–Kier alpha value is -1.13. The van der Waals surface area contributed by atoms with Gasteiger partial charge < -0.3 is 10.6 Å². The van der Waals surface area contributed by atoms with E-state index in [9.17, 15) is 9.18 Å². The predicted octanol–water partition coefficient (Wildman–Crippen LogP) is 2.40. The molecule has 1 unspecified atom stereocenters. The van der Waals surface area contributed by atoms with Gasteiger partial charge in [-0.05, 0) is 43.5 Å². The van der Waals surface area contributed by atoms with Gasteiger partial charge in [0.05, 0.1) is 0 Å². The molecule has 1 aliphatic rings. The van der Waals surface area contributed by atoms with Crippen LogP contribution in [0, 0.1) is 5.82 Å². The van der Waals surface area contributed by atoms with Crippen molar-refractivity contribution in [3.8, 4) is 0 Å². The molecule has 2 rings (SSSR count). The van der Waals surface area contributed by atoms with Gasteiger partial charge in [0.1, 0.15) is 5.82 Å². The van der Waals surface area contributed by atoms with E-state index in [0.29, 0.717) is 19.0 Å². The Labute approximate surface area is 119 Å². The van der Waals surface area contributed by atoms with Gasteiger partial charge in [-0.3, -0.25) is 4.79 Å². The average Bonchev–Trinajstić information content (AvgIpc) is 2.89. The maximum Gasteiger partial charge on any atom is 0.220 e. The Balaban J connectivity index is 0.00000180. The second-order valence-corrected chi connectivity index (χ2v) is 4.74. The Morgan fingerprint density at radius 3 is 2.74 bits per heavy atom. The van der Waals surface area contributed by atoms with Crippen LogP contribution in [0.4, 0.5) is 4.39 Å². The van der Waals surface area contributed by atoms with Gasteiger partial charge in [0.2, 0.25) is 5.91 Å². The zero-order valence-corrected chi connectivity index (χ0v) is 11.6.